The molecule has 2 aromatic carbocycles. The number of sulfonamides is 1. The fraction of sp³-hybridized carbons (Fsp3) is 0.375. The topological polar surface area (TPSA) is 152 Å². The maximum Gasteiger partial charge on any atom is 0.416 e. The van der Waals surface area contributed by atoms with Gasteiger partial charge in [0, 0.05) is 17.4 Å². The number of hydrogen-bond acceptors (Lipinski definition) is 10. The molecule has 216 valence electrons. The van der Waals surface area contributed by atoms with Crippen LogP contribution in [0.5, 0.6) is 6.01 Å². The molecule has 0 aliphatic heterocycles. The van der Waals surface area contributed by atoms with Crippen molar-refractivity contribution in [3.8, 4) is 6.01 Å². The van der Waals surface area contributed by atoms with Crippen molar-refractivity contribution in [3.63, 3.8) is 0 Å². The highest BCUT2D eigenvalue weighted by Gasteiger charge is 2.33. The zero-order valence-corrected chi connectivity index (χ0v) is 23.1. The highest BCUT2D eigenvalue weighted by Crippen LogP contribution is 2.33. The second-order valence-corrected chi connectivity index (χ2v) is 13.2. The van der Waals surface area contributed by atoms with Crippen molar-refractivity contribution >= 4 is 43.1 Å². The van der Waals surface area contributed by atoms with Gasteiger partial charge in [0.1, 0.15) is 0 Å². The molecule has 1 saturated carbocycles. The van der Waals surface area contributed by atoms with E-state index < -0.39 is 36.9 Å². The van der Waals surface area contributed by atoms with E-state index in [1.165, 1.54) is 43.5 Å². The molecule has 0 unspecified atom stereocenters. The average Bonchev–Trinajstić information content (AvgIpc) is 2.88. The molecule has 0 spiro atoms. The second kappa shape index (κ2) is 11.4. The first kappa shape index (κ1) is 29.3. The van der Waals surface area contributed by atoms with Crippen molar-refractivity contribution in [2.45, 2.75) is 48.0 Å². The van der Waals surface area contributed by atoms with Crippen LogP contribution in [-0.2, 0) is 26.0 Å². The fourth-order valence-corrected chi connectivity index (χ4v) is 6.71. The Labute approximate surface area is 229 Å². The largest absolute Gasteiger partial charge is 0.467 e. The summed E-state index contributed by atoms with van der Waals surface area (Å²) < 4.78 is 96.1. The Morgan fingerprint density at radius 3 is 2.17 bits per heavy atom. The Morgan fingerprint density at radius 2 is 1.52 bits per heavy atom. The first-order valence-corrected chi connectivity index (χ1v) is 15.5. The molecule has 1 aliphatic rings. The van der Waals surface area contributed by atoms with Crippen LogP contribution in [0.3, 0.4) is 0 Å². The van der Waals surface area contributed by atoms with E-state index in [9.17, 15) is 30.0 Å². The molecule has 40 heavy (non-hydrogen) atoms. The Morgan fingerprint density at radius 1 is 0.875 bits per heavy atom. The average molecular weight is 601 g/mol. The lowest BCUT2D eigenvalue weighted by Crippen LogP contribution is -2.33. The van der Waals surface area contributed by atoms with Gasteiger partial charge in [-0.05, 0) is 62.1 Å². The number of rotatable bonds is 9. The second-order valence-electron chi connectivity index (χ2n) is 9.24. The molecule has 0 atom stereocenters. The standard InChI is InChI=1S/C24H27F3N6O5S2/c1-38-23-31-21(30-22(32-23)29-17-6-3-5-15(13-17)24(25,26)27)28-16-9-11-19(12-10-16)40(36,37)20-8-4-7-18(14-20)33-39(2,34)35/h3-8,13-14,16,19,33H,9-12H2,1-2H3,(H2,28,29,30,31,32). The number of aromatic nitrogens is 3. The minimum atomic E-state index is -4.51. The van der Waals surface area contributed by atoms with Gasteiger partial charge < -0.3 is 15.4 Å². The summed E-state index contributed by atoms with van der Waals surface area (Å²) in [5.74, 6) is 0.0831. The van der Waals surface area contributed by atoms with Crippen LogP contribution in [-0.4, -0.2) is 56.4 Å². The quantitative estimate of drug-likeness (QED) is 0.326. The molecule has 1 aromatic heterocycles. The van der Waals surface area contributed by atoms with E-state index in [2.05, 4.69) is 30.3 Å². The van der Waals surface area contributed by atoms with Gasteiger partial charge in [0.2, 0.25) is 21.9 Å². The van der Waals surface area contributed by atoms with E-state index in [1.54, 1.807) is 0 Å². The summed E-state index contributed by atoms with van der Waals surface area (Å²) in [7, 11) is -5.94. The lowest BCUT2D eigenvalue weighted by Gasteiger charge is -2.29. The van der Waals surface area contributed by atoms with Crippen molar-refractivity contribution in [1.29, 1.82) is 0 Å². The predicted molar refractivity (Wildman–Crippen MR) is 143 cm³/mol. The highest BCUT2D eigenvalue weighted by molar-refractivity contribution is 7.92. The van der Waals surface area contributed by atoms with E-state index in [1.807, 2.05) is 0 Å². The van der Waals surface area contributed by atoms with Gasteiger partial charge in [0.05, 0.1) is 29.1 Å². The minimum Gasteiger partial charge on any atom is -0.467 e. The number of sulfone groups is 1. The molecule has 11 nitrogen and oxygen atoms in total. The van der Waals surface area contributed by atoms with E-state index in [0.717, 1.165) is 18.4 Å². The van der Waals surface area contributed by atoms with Crippen LogP contribution in [0.25, 0.3) is 0 Å². The third-order valence-corrected chi connectivity index (χ3v) is 9.02. The van der Waals surface area contributed by atoms with Crippen LogP contribution in [0.1, 0.15) is 31.2 Å². The molecule has 1 heterocycles. The van der Waals surface area contributed by atoms with E-state index in [-0.39, 0.29) is 40.2 Å². The van der Waals surface area contributed by atoms with Gasteiger partial charge in [-0.3, -0.25) is 4.72 Å². The van der Waals surface area contributed by atoms with Gasteiger partial charge in [-0.1, -0.05) is 12.1 Å². The van der Waals surface area contributed by atoms with Gasteiger partial charge in [0.25, 0.3) is 0 Å². The summed E-state index contributed by atoms with van der Waals surface area (Å²) >= 11 is 0. The molecule has 4 rings (SSSR count). The lowest BCUT2D eigenvalue weighted by molar-refractivity contribution is -0.137. The monoisotopic (exact) mass is 600 g/mol. The van der Waals surface area contributed by atoms with Crippen LogP contribution < -0.4 is 20.1 Å². The van der Waals surface area contributed by atoms with Crippen molar-refractivity contribution in [2.24, 2.45) is 0 Å². The summed E-state index contributed by atoms with van der Waals surface area (Å²) in [5, 5.41) is 5.20. The van der Waals surface area contributed by atoms with Crippen LogP contribution in [0, 0.1) is 0 Å². The first-order valence-electron chi connectivity index (χ1n) is 12.1. The normalized spacial score (nSPS) is 18.1. The molecule has 0 amide bonds. The molecule has 0 saturated heterocycles. The van der Waals surface area contributed by atoms with Gasteiger partial charge in [0.15, 0.2) is 9.84 Å². The summed E-state index contributed by atoms with van der Waals surface area (Å²) in [6.07, 6.45) is -1.92. The molecule has 1 fully saturated rings. The molecular weight excluding hydrogens is 573 g/mol. The van der Waals surface area contributed by atoms with Crippen LogP contribution >= 0.6 is 0 Å². The number of ether oxygens (including phenoxy) is 1. The Hall–Kier alpha value is -3.66. The summed E-state index contributed by atoms with van der Waals surface area (Å²) in [6.45, 7) is 0. The Kier molecular flexibility index (Phi) is 8.39. The number of nitrogens with one attached hydrogen (secondary N) is 3. The third-order valence-electron chi connectivity index (χ3n) is 6.16. The molecule has 0 radical (unpaired) electrons. The smallest absolute Gasteiger partial charge is 0.416 e. The summed E-state index contributed by atoms with van der Waals surface area (Å²) in [6, 6.07) is 10.0. The number of nitrogens with zero attached hydrogens (tertiary/aromatic N) is 3. The Bertz CT molecular complexity index is 1580. The number of hydrogen-bond donors (Lipinski definition) is 3. The first-order chi connectivity index (χ1) is 18.7. The number of benzene rings is 2. The lowest BCUT2D eigenvalue weighted by atomic mass is 9.95. The van der Waals surface area contributed by atoms with Crippen molar-refractivity contribution in [3.05, 3.63) is 54.1 Å². The maximum absolute atomic E-state index is 13.2. The zero-order valence-electron chi connectivity index (χ0n) is 21.4. The molecule has 16 heteroatoms. The van der Waals surface area contributed by atoms with E-state index in [0.29, 0.717) is 25.7 Å². The SMILES string of the molecule is COc1nc(Nc2cccc(C(F)(F)F)c2)nc(NC2CCC(S(=O)(=O)c3cccc(NS(C)(=O)=O)c3)CC2)n1. The van der Waals surface area contributed by atoms with Crippen molar-refractivity contribution in [2.75, 3.05) is 28.7 Å². The van der Waals surface area contributed by atoms with Crippen molar-refractivity contribution < 1.29 is 34.7 Å². The van der Waals surface area contributed by atoms with Crippen LogP contribution in [0.2, 0.25) is 0 Å². The maximum atomic E-state index is 13.2. The number of alkyl halides is 3. The highest BCUT2D eigenvalue weighted by atomic mass is 32.2. The van der Waals surface area contributed by atoms with Gasteiger partial charge in [-0.2, -0.15) is 28.1 Å². The molecule has 3 aromatic rings. The fourth-order valence-electron chi connectivity index (χ4n) is 4.31. The predicted octanol–water partition coefficient (Wildman–Crippen LogP) is 4.21. The van der Waals surface area contributed by atoms with E-state index >= 15 is 0 Å². The minimum absolute atomic E-state index is 0.0325. The molecular formula is C24H27F3N6O5S2. The molecule has 0 bridgehead atoms. The van der Waals surface area contributed by atoms with Gasteiger partial charge in [-0.25, -0.2) is 16.8 Å². The number of halogens is 3. The summed E-state index contributed by atoms with van der Waals surface area (Å²) in [5.41, 5.74) is -0.547. The van der Waals surface area contributed by atoms with Crippen LogP contribution in [0.15, 0.2) is 53.4 Å². The van der Waals surface area contributed by atoms with Crippen LogP contribution in [0.4, 0.5) is 36.4 Å². The van der Waals surface area contributed by atoms with Gasteiger partial charge in [-0.15, -0.1) is 0 Å². The van der Waals surface area contributed by atoms with Crippen molar-refractivity contribution in [1.82, 2.24) is 15.0 Å². The van der Waals surface area contributed by atoms with Gasteiger partial charge >= 0.3 is 12.2 Å². The van der Waals surface area contributed by atoms with E-state index in [4.69, 9.17) is 4.74 Å². The molecule has 1 aliphatic carbocycles. The Balaban J connectivity index is 1.43. The number of methoxy groups -OCH3 is 1. The molecule has 3 N–H and O–H groups in total. The summed E-state index contributed by atoms with van der Waals surface area (Å²) in [4.78, 5) is 12.5. The number of anilines is 4. The third kappa shape index (κ3) is 7.50. The zero-order chi connectivity index (χ0) is 29.1.